The predicted molar refractivity (Wildman–Crippen MR) is 115 cm³/mol. The summed E-state index contributed by atoms with van der Waals surface area (Å²) >= 11 is 0. The highest BCUT2D eigenvalue weighted by atomic mass is 32.2. The molecular formula is C22H26F2N2O4S. The van der Waals surface area contributed by atoms with Gasteiger partial charge in [-0.2, -0.15) is 13.1 Å². The molecule has 0 fully saturated rings. The van der Waals surface area contributed by atoms with Gasteiger partial charge in [-0.05, 0) is 47.9 Å². The third-order valence-corrected chi connectivity index (χ3v) is 6.58. The smallest absolute Gasteiger partial charge is 0.387 e. The van der Waals surface area contributed by atoms with Crippen LogP contribution >= 0.6 is 0 Å². The van der Waals surface area contributed by atoms with Crippen molar-refractivity contribution in [3.63, 3.8) is 0 Å². The summed E-state index contributed by atoms with van der Waals surface area (Å²) in [5.74, 6) is -0.209. The normalized spacial score (nSPS) is 11.9. The van der Waals surface area contributed by atoms with Crippen LogP contribution in [0.15, 0.2) is 59.5 Å². The Balaban J connectivity index is 1.85. The fraction of sp³-hybridized carbons (Fsp3) is 0.318. The minimum Gasteiger partial charge on any atom is -0.435 e. The molecule has 0 saturated heterocycles. The van der Waals surface area contributed by atoms with Gasteiger partial charge in [-0.3, -0.25) is 4.79 Å². The van der Waals surface area contributed by atoms with Crippen LogP contribution in [-0.2, 0) is 21.2 Å². The molecule has 0 unspecified atom stereocenters. The Hall–Kier alpha value is -2.78. The number of nitrogens with zero attached hydrogens (tertiary/aromatic N) is 1. The molecule has 0 aliphatic carbocycles. The van der Waals surface area contributed by atoms with Gasteiger partial charge in [0.1, 0.15) is 5.75 Å². The highest BCUT2D eigenvalue weighted by molar-refractivity contribution is 7.89. The van der Waals surface area contributed by atoms with Crippen molar-refractivity contribution in [2.24, 2.45) is 0 Å². The summed E-state index contributed by atoms with van der Waals surface area (Å²) < 4.78 is 54.9. The second-order valence-electron chi connectivity index (χ2n) is 6.56. The number of hydrogen-bond acceptors (Lipinski definition) is 4. The first-order valence-electron chi connectivity index (χ1n) is 9.86. The molecule has 1 amide bonds. The van der Waals surface area contributed by atoms with Gasteiger partial charge >= 0.3 is 6.61 Å². The van der Waals surface area contributed by atoms with E-state index in [0.29, 0.717) is 31.6 Å². The molecule has 2 aromatic rings. The number of alkyl halides is 2. The zero-order valence-corrected chi connectivity index (χ0v) is 18.2. The molecule has 0 aliphatic heterocycles. The topological polar surface area (TPSA) is 75.7 Å². The van der Waals surface area contributed by atoms with Gasteiger partial charge in [0.15, 0.2) is 0 Å². The van der Waals surface area contributed by atoms with Crippen LogP contribution in [0, 0.1) is 0 Å². The molecule has 0 radical (unpaired) electrons. The Morgan fingerprint density at radius 3 is 2.23 bits per heavy atom. The SMILES string of the molecule is CCN(CC)S(=O)(=O)c1ccc(/C=C/C(=O)NCCc2ccc(OC(F)F)cc2)cc1. The Labute approximate surface area is 181 Å². The molecular weight excluding hydrogens is 426 g/mol. The number of amides is 1. The number of ether oxygens (including phenoxy) is 1. The molecule has 168 valence electrons. The van der Waals surface area contributed by atoms with E-state index in [1.165, 1.54) is 34.6 Å². The van der Waals surface area contributed by atoms with Crippen molar-refractivity contribution in [2.75, 3.05) is 19.6 Å². The first-order chi connectivity index (χ1) is 14.8. The number of carbonyl (C=O) groups excluding carboxylic acids is 1. The maximum atomic E-state index is 12.5. The number of sulfonamides is 1. The van der Waals surface area contributed by atoms with Crippen molar-refractivity contribution in [3.8, 4) is 5.75 Å². The molecule has 0 aliphatic rings. The first-order valence-corrected chi connectivity index (χ1v) is 11.3. The van der Waals surface area contributed by atoms with Crippen LogP contribution in [0.1, 0.15) is 25.0 Å². The van der Waals surface area contributed by atoms with Gasteiger partial charge in [-0.15, -0.1) is 0 Å². The van der Waals surface area contributed by atoms with Gasteiger partial charge in [0.25, 0.3) is 0 Å². The second kappa shape index (κ2) is 11.6. The number of hydrogen-bond donors (Lipinski definition) is 1. The van der Waals surface area contributed by atoms with E-state index in [9.17, 15) is 22.0 Å². The first kappa shape index (κ1) is 24.5. The van der Waals surface area contributed by atoms with Gasteiger partial charge in [0, 0.05) is 25.7 Å². The maximum Gasteiger partial charge on any atom is 0.387 e. The molecule has 31 heavy (non-hydrogen) atoms. The maximum absolute atomic E-state index is 12.5. The third kappa shape index (κ3) is 7.45. The zero-order chi connectivity index (χ0) is 22.9. The van der Waals surface area contributed by atoms with E-state index in [0.717, 1.165) is 5.56 Å². The summed E-state index contributed by atoms with van der Waals surface area (Å²) in [7, 11) is -3.51. The largest absolute Gasteiger partial charge is 0.435 e. The summed E-state index contributed by atoms with van der Waals surface area (Å²) in [6, 6.07) is 12.5. The van der Waals surface area contributed by atoms with Crippen molar-refractivity contribution >= 4 is 22.0 Å². The van der Waals surface area contributed by atoms with E-state index >= 15 is 0 Å². The van der Waals surface area contributed by atoms with Crippen LogP contribution in [0.4, 0.5) is 8.78 Å². The molecule has 0 saturated carbocycles. The van der Waals surface area contributed by atoms with Gasteiger partial charge in [0.2, 0.25) is 15.9 Å². The minimum atomic E-state index is -3.51. The third-order valence-electron chi connectivity index (χ3n) is 4.51. The number of halogens is 2. The summed E-state index contributed by atoms with van der Waals surface area (Å²) in [6.07, 6.45) is 3.50. The highest BCUT2D eigenvalue weighted by Crippen LogP contribution is 2.17. The average molecular weight is 453 g/mol. The lowest BCUT2D eigenvalue weighted by Crippen LogP contribution is -2.30. The van der Waals surface area contributed by atoms with Gasteiger partial charge < -0.3 is 10.1 Å². The van der Waals surface area contributed by atoms with E-state index in [4.69, 9.17) is 0 Å². The second-order valence-corrected chi connectivity index (χ2v) is 8.49. The molecule has 1 N–H and O–H groups in total. The highest BCUT2D eigenvalue weighted by Gasteiger charge is 2.20. The Bertz CT molecular complexity index is 972. The van der Waals surface area contributed by atoms with E-state index in [2.05, 4.69) is 10.1 Å². The summed E-state index contributed by atoms with van der Waals surface area (Å²) in [6.45, 7) is 1.88. The molecule has 6 nitrogen and oxygen atoms in total. The van der Waals surface area contributed by atoms with Crippen LogP contribution in [0.3, 0.4) is 0 Å². The van der Waals surface area contributed by atoms with Gasteiger partial charge in [-0.1, -0.05) is 38.1 Å². The van der Waals surface area contributed by atoms with Crippen LogP contribution < -0.4 is 10.1 Å². The van der Waals surface area contributed by atoms with E-state index in [-0.39, 0.29) is 16.6 Å². The van der Waals surface area contributed by atoms with Gasteiger partial charge in [0.05, 0.1) is 4.90 Å². The van der Waals surface area contributed by atoms with Crippen LogP contribution in [0.2, 0.25) is 0 Å². The Morgan fingerprint density at radius 1 is 1.06 bits per heavy atom. The molecule has 9 heteroatoms. The van der Waals surface area contributed by atoms with Crippen LogP contribution in [0.5, 0.6) is 5.75 Å². The molecule has 0 spiro atoms. The number of benzene rings is 2. The molecule has 2 aromatic carbocycles. The number of nitrogens with one attached hydrogen (secondary N) is 1. The van der Waals surface area contributed by atoms with E-state index in [1.807, 2.05) is 0 Å². The van der Waals surface area contributed by atoms with Crippen LogP contribution in [-0.4, -0.2) is 44.9 Å². The van der Waals surface area contributed by atoms with Crippen LogP contribution in [0.25, 0.3) is 6.08 Å². The lowest BCUT2D eigenvalue weighted by molar-refractivity contribution is -0.116. The van der Waals surface area contributed by atoms with E-state index in [1.54, 1.807) is 44.2 Å². The standard InChI is InChI=1S/C22H26F2N2O4S/c1-3-26(4-2)31(28,29)20-12-7-17(8-13-20)9-14-21(27)25-16-15-18-5-10-19(11-6-18)30-22(23)24/h5-14,22H,3-4,15-16H2,1-2H3,(H,25,27)/b14-9+. The molecule has 2 rings (SSSR count). The molecule has 0 bridgehead atoms. The summed E-state index contributed by atoms with van der Waals surface area (Å²) in [5.41, 5.74) is 1.57. The predicted octanol–water partition coefficient (Wildman–Crippen LogP) is 3.69. The quantitative estimate of drug-likeness (QED) is 0.528. The van der Waals surface area contributed by atoms with Crippen molar-refractivity contribution in [2.45, 2.75) is 31.8 Å². The Morgan fingerprint density at radius 2 is 1.68 bits per heavy atom. The summed E-state index contributed by atoms with van der Waals surface area (Å²) in [4.78, 5) is 12.2. The fourth-order valence-corrected chi connectivity index (χ4v) is 4.32. The Kier molecular flexibility index (Phi) is 9.14. The van der Waals surface area contributed by atoms with E-state index < -0.39 is 16.6 Å². The molecule has 0 heterocycles. The minimum absolute atomic E-state index is 0.0848. The van der Waals surface area contributed by atoms with Crippen molar-refractivity contribution in [1.82, 2.24) is 9.62 Å². The zero-order valence-electron chi connectivity index (χ0n) is 17.4. The van der Waals surface area contributed by atoms with Crippen molar-refractivity contribution < 1.29 is 26.7 Å². The number of rotatable bonds is 11. The van der Waals surface area contributed by atoms with Crippen molar-refractivity contribution in [3.05, 3.63) is 65.7 Å². The lowest BCUT2D eigenvalue weighted by atomic mass is 10.1. The molecule has 0 atom stereocenters. The lowest BCUT2D eigenvalue weighted by Gasteiger charge is -2.18. The molecule has 0 aromatic heterocycles. The average Bonchev–Trinajstić information content (AvgIpc) is 2.74. The van der Waals surface area contributed by atoms with Crippen molar-refractivity contribution in [1.29, 1.82) is 0 Å². The van der Waals surface area contributed by atoms with Gasteiger partial charge in [-0.25, -0.2) is 8.42 Å². The monoisotopic (exact) mass is 452 g/mol. The number of carbonyl (C=O) groups is 1. The fourth-order valence-electron chi connectivity index (χ4n) is 2.86. The summed E-state index contributed by atoms with van der Waals surface area (Å²) in [5, 5.41) is 2.73.